The van der Waals surface area contributed by atoms with Crippen LogP contribution in [0.4, 0.5) is 0 Å². The molecule has 1 fully saturated rings. The Balaban J connectivity index is 1.78. The number of Topliss-reactive ketones (excluding diaryl/α,β-unsaturated/α-hetero) is 1. The maximum Gasteiger partial charge on any atom is 0.355 e. The summed E-state index contributed by atoms with van der Waals surface area (Å²) in [4.78, 5) is 47.3. The number of likely N-dealkylation sites (tertiary alicyclic amines) is 1. The molecule has 0 aliphatic carbocycles. The van der Waals surface area contributed by atoms with Crippen LogP contribution in [0.2, 0.25) is 5.02 Å². The lowest BCUT2D eigenvalue weighted by molar-refractivity contribution is -0.139. The SMILES string of the molecule is CCOC(=O)c1[nH]c(C)c(/C(O)=C2\C(=O)C(=O)N(CCCn3ccnc3)[C@H]2c2ccc(Cl)cc2)c1C. The quantitative estimate of drug-likeness (QED) is 0.203. The Bertz CT molecular complexity index is 1330. The molecule has 10 heteroatoms. The van der Waals surface area contributed by atoms with Crippen LogP contribution in [-0.4, -0.2) is 55.4 Å². The molecule has 0 radical (unpaired) electrons. The van der Waals surface area contributed by atoms with Crippen molar-refractivity contribution in [1.82, 2.24) is 19.4 Å². The number of aliphatic hydroxyl groups excluding tert-OH is 1. The Kier molecular flexibility index (Phi) is 7.30. The number of amides is 1. The summed E-state index contributed by atoms with van der Waals surface area (Å²) in [6.07, 6.45) is 5.75. The van der Waals surface area contributed by atoms with E-state index in [0.717, 1.165) is 0 Å². The van der Waals surface area contributed by atoms with E-state index >= 15 is 0 Å². The van der Waals surface area contributed by atoms with E-state index in [0.29, 0.717) is 40.4 Å². The van der Waals surface area contributed by atoms with Crippen molar-refractivity contribution in [2.24, 2.45) is 0 Å². The Morgan fingerprint density at radius 2 is 1.92 bits per heavy atom. The van der Waals surface area contributed by atoms with Crippen LogP contribution in [0.1, 0.15) is 52.3 Å². The number of aliphatic hydroxyl groups is 1. The number of benzene rings is 1. The van der Waals surface area contributed by atoms with Gasteiger partial charge in [0, 0.05) is 41.8 Å². The minimum Gasteiger partial charge on any atom is -0.507 e. The molecule has 0 unspecified atom stereocenters. The summed E-state index contributed by atoms with van der Waals surface area (Å²) in [6.45, 7) is 6.12. The van der Waals surface area contributed by atoms with E-state index in [1.54, 1.807) is 57.6 Å². The highest BCUT2D eigenvalue weighted by atomic mass is 35.5. The number of carbonyl (C=O) groups excluding carboxylic acids is 3. The summed E-state index contributed by atoms with van der Waals surface area (Å²) in [7, 11) is 0. The zero-order valence-electron chi connectivity index (χ0n) is 20.2. The first-order valence-electron chi connectivity index (χ1n) is 11.6. The van der Waals surface area contributed by atoms with Crippen molar-refractivity contribution in [1.29, 1.82) is 0 Å². The van der Waals surface area contributed by atoms with Gasteiger partial charge in [-0.1, -0.05) is 23.7 Å². The molecule has 0 spiro atoms. The van der Waals surface area contributed by atoms with E-state index in [4.69, 9.17) is 16.3 Å². The average Bonchev–Trinajstić information content (AvgIpc) is 3.53. The van der Waals surface area contributed by atoms with Gasteiger partial charge in [0.05, 0.1) is 24.5 Å². The number of esters is 1. The number of nitrogens with zero attached hydrogens (tertiary/aromatic N) is 3. The van der Waals surface area contributed by atoms with Crippen molar-refractivity contribution in [2.45, 2.75) is 39.8 Å². The number of ether oxygens (including phenoxy) is 1. The molecule has 3 aromatic rings. The summed E-state index contributed by atoms with van der Waals surface area (Å²) in [5, 5.41) is 12.0. The van der Waals surface area contributed by atoms with E-state index in [9.17, 15) is 19.5 Å². The molecule has 1 aromatic carbocycles. The summed E-state index contributed by atoms with van der Waals surface area (Å²) in [5.74, 6) is -2.38. The fourth-order valence-corrected chi connectivity index (χ4v) is 4.72. The molecular formula is C26H27ClN4O5. The first-order valence-corrected chi connectivity index (χ1v) is 12.0. The lowest BCUT2D eigenvalue weighted by Gasteiger charge is -2.25. The first kappa shape index (κ1) is 25.2. The highest BCUT2D eigenvalue weighted by Crippen LogP contribution is 2.41. The standard InChI is InChI=1S/C26H27ClN4O5/c1-4-36-26(35)21-15(2)19(16(3)29-21)23(32)20-22(17-6-8-18(27)9-7-17)31(25(34)24(20)33)12-5-11-30-13-10-28-14-30/h6-10,13-14,22,29,32H,4-5,11-12H2,1-3H3/b23-20+/t22-/m0/s1. The summed E-state index contributed by atoms with van der Waals surface area (Å²) < 4.78 is 6.98. The van der Waals surface area contributed by atoms with Gasteiger partial charge in [0.2, 0.25) is 0 Å². The van der Waals surface area contributed by atoms with Gasteiger partial charge in [0.15, 0.2) is 0 Å². The summed E-state index contributed by atoms with van der Waals surface area (Å²) in [6, 6.07) is 6.00. The number of halogens is 1. The molecule has 0 bridgehead atoms. The van der Waals surface area contributed by atoms with Crippen molar-refractivity contribution < 1.29 is 24.2 Å². The van der Waals surface area contributed by atoms with Crippen molar-refractivity contribution in [2.75, 3.05) is 13.2 Å². The normalized spacial score (nSPS) is 17.1. The Hall–Kier alpha value is -3.85. The van der Waals surface area contributed by atoms with Crippen molar-refractivity contribution in [3.63, 3.8) is 0 Å². The van der Waals surface area contributed by atoms with Crippen LogP contribution in [0.25, 0.3) is 5.76 Å². The minimum atomic E-state index is -0.815. The number of aromatic nitrogens is 3. The number of hydrogen-bond acceptors (Lipinski definition) is 6. The molecule has 0 saturated carbocycles. The van der Waals surface area contributed by atoms with Gasteiger partial charge in [0.25, 0.3) is 11.7 Å². The molecule has 1 saturated heterocycles. The van der Waals surface area contributed by atoms with Crippen LogP contribution >= 0.6 is 11.6 Å². The van der Waals surface area contributed by atoms with Gasteiger partial charge in [-0.25, -0.2) is 9.78 Å². The van der Waals surface area contributed by atoms with Crippen LogP contribution in [-0.2, 0) is 20.9 Å². The maximum atomic E-state index is 13.3. The maximum absolute atomic E-state index is 13.3. The van der Waals surface area contributed by atoms with E-state index in [1.165, 1.54) is 4.90 Å². The van der Waals surface area contributed by atoms with Gasteiger partial charge in [-0.15, -0.1) is 0 Å². The second-order valence-corrected chi connectivity index (χ2v) is 8.98. The molecule has 2 aromatic heterocycles. The number of nitrogens with one attached hydrogen (secondary N) is 1. The molecule has 2 N–H and O–H groups in total. The molecule has 1 aliphatic rings. The van der Waals surface area contributed by atoms with E-state index in [-0.39, 0.29) is 30.2 Å². The molecule has 3 heterocycles. The van der Waals surface area contributed by atoms with Crippen molar-refractivity contribution in [3.8, 4) is 0 Å². The van der Waals surface area contributed by atoms with E-state index < -0.39 is 23.7 Å². The second kappa shape index (κ2) is 10.4. The third-order valence-electron chi connectivity index (χ3n) is 6.25. The number of carbonyl (C=O) groups is 3. The lowest BCUT2D eigenvalue weighted by Crippen LogP contribution is -2.31. The van der Waals surface area contributed by atoms with Gasteiger partial charge in [-0.05, 0) is 50.5 Å². The zero-order chi connectivity index (χ0) is 26.0. The predicted octanol–water partition coefficient (Wildman–Crippen LogP) is 4.17. The van der Waals surface area contributed by atoms with Crippen LogP contribution in [0, 0.1) is 13.8 Å². The number of hydrogen-bond donors (Lipinski definition) is 2. The van der Waals surface area contributed by atoms with Gasteiger partial charge in [-0.2, -0.15) is 0 Å². The molecule has 4 rings (SSSR count). The Morgan fingerprint density at radius 1 is 1.19 bits per heavy atom. The monoisotopic (exact) mass is 510 g/mol. The number of imidazole rings is 1. The molecule has 1 amide bonds. The fourth-order valence-electron chi connectivity index (χ4n) is 4.59. The van der Waals surface area contributed by atoms with Crippen LogP contribution in [0.3, 0.4) is 0 Å². The smallest absolute Gasteiger partial charge is 0.355 e. The molecule has 1 atom stereocenters. The van der Waals surface area contributed by atoms with Crippen LogP contribution in [0.5, 0.6) is 0 Å². The molecule has 9 nitrogen and oxygen atoms in total. The number of rotatable bonds is 8. The number of ketones is 1. The Morgan fingerprint density at radius 3 is 2.56 bits per heavy atom. The number of aryl methyl sites for hydroxylation is 2. The van der Waals surface area contributed by atoms with Crippen molar-refractivity contribution >= 4 is 35.0 Å². The lowest BCUT2D eigenvalue weighted by atomic mass is 9.94. The van der Waals surface area contributed by atoms with E-state index in [2.05, 4.69) is 9.97 Å². The van der Waals surface area contributed by atoms with E-state index in [1.807, 2.05) is 10.8 Å². The average molecular weight is 511 g/mol. The third kappa shape index (κ3) is 4.66. The Labute approximate surface area is 213 Å². The van der Waals surface area contributed by atoms with Gasteiger partial charge >= 0.3 is 5.97 Å². The fraction of sp³-hybridized carbons (Fsp3) is 0.308. The van der Waals surface area contributed by atoms with Gasteiger partial charge in [0.1, 0.15) is 11.5 Å². The van der Waals surface area contributed by atoms with Crippen LogP contribution < -0.4 is 0 Å². The predicted molar refractivity (Wildman–Crippen MR) is 134 cm³/mol. The summed E-state index contributed by atoms with van der Waals surface area (Å²) in [5.41, 5.74) is 2.01. The number of aromatic amines is 1. The molecule has 1 aliphatic heterocycles. The largest absolute Gasteiger partial charge is 0.507 e. The first-order chi connectivity index (χ1) is 17.2. The van der Waals surface area contributed by atoms with Gasteiger partial charge in [-0.3, -0.25) is 9.59 Å². The number of H-pyrrole nitrogens is 1. The summed E-state index contributed by atoms with van der Waals surface area (Å²) >= 11 is 6.08. The third-order valence-corrected chi connectivity index (χ3v) is 6.51. The van der Waals surface area contributed by atoms with Crippen molar-refractivity contribution in [3.05, 3.63) is 81.7 Å². The molecule has 188 valence electrons. The molecule has 36 heavy (non-hydrogen) atoms. The second-order valence-electron chi connectivity index (χ2n) is 8.54. The zero-order valence-corrected chi connectivity index (χ0v) is 21.0. The minimum absolute atomic E-state index is 0.0365. The van der Waals surface area contributed by atoms with Gasteiger partial charge < -0.3 is 24.3 Å². The highest BCUT2D eigenvalue weighted by molar-refractivity contribution is 6.46. The highest BCUT2D eigenvalue weighted by Gasteiger charge is 2.46. The van der Waals surface area contributed by atoms with Crippen LogP contribution in [0.15, 0.2) is 48.6 Å². The molecular weight excluding hydrogens is 484 g/mol. The topological polar surface area (TPSA) is 118 Å².